The molecule has 0 aliphatic carbocycles. The SMILES string of the molecule is C1CCOC1.Cn1cnc(-c2cnccc2C=O)c1.Cn1cnc(I)c1.O=Cc1ccncc1Br. The van der Waals surface area contributed by atoms with Gasteiger partial charge in [-0.2, -0.15) is 0 Å². The maximum Gasteiger partial charge on any atom is 0.151 e. The van der Waals surface area contributed by atoms with Gasteiger partial charge in [0.05, 0.1) is 18.3 Å². The van der Waals surface area contributed by atoms with Gasteiger partial charge < -0.3 is 13.9 Å². The molecular weight excluding hydrogens is 627 g/mol. The Labute approximate surface area is 226 Å². The van der Waals surface area contributed by atoms with Gasteiger partial charge in [-0.3, -0.25) is 19.6 Å². The van der Waals surface area contributed by atoms with E-state index in [1.807, 2.05) is 35.6 Å². The minimum absolute atomic E-state index is 0.610. The van der Waals surface area contributed by atoms with Crippen LogP contribution in [0.2, 0.25) is 0 Å². The van der Waals surface area contributed by atoms with Gasteiger partial charge in [-0.05, 0) is 63.5 Å². The Morgan fingerprint density at radius 3 is 1.91 bits per heavy atom. The van der Waals surface area contributed by atoms with Gasteiger partial charge in [0.1, 0.15) is 3.70 Å². The second kappa shape index (κ2) is 16.0. The van der Waals surface area contributed by atoms with Crippen LogP contribution in [0, 0.1) is 3.70 Å². The molecule has 5 rings (SSSR count). The fourth-order valence-corrected chi connectivity index (χ4v) is 3.55. The van der Waals surface area contributed by atoms with Gasteiger partial charge in [0.2, 0.25) is 0 Å². The van der Waals surface area contributed by atoms with Crippen molar-refractivity contribution in [2.45, 2.75) is 12.8 Å². The normalized spacial score (nSPS) is 11.7. The third-order valence-electron chi connectivity index (χ3n) is 4.39. The summed E-state index contributed by atoms with van der Waals surface area (Å²) in [5.74, 6) is 0. The molecule has 0 bridgehead atoms. The number of pyridine rings is 2. The van der Waals surface area contributed by atoms with Crippen LogP contribution in [0.4, 0.5) is 0 Å². The summed E-state index contributed by atoms with van der Waals surface area (Å²) in [6.07, 6.45) is 17.8. The quantitative estimate of drug-likeness (QED) is 0.232. The van der Waals surface area contributed by atoms with Crippen LogP contribution in [0.3, 0.4) is 0 Å². The van der Waals surface area contributed by atoms with Gasteiger partial charge in [-0.15, -0.1) is 0 Å². The zero-order chi connectivity index (χ0) is 25.5. The van der Waals surface area contributed by atoms with Crippen molar-refractivity contribution in [3.8, 4) is 11.3 Å². The lowest BCUT2D eigenvalue weighted by atomic mass is 10.1. The summed E-state index contributed by atoms with van der Waals surface area (Å²) in [4.78, 5) is 36.8. The van der Waals surface area contributed by atoms with Gasteiger partial charge in [0.25, 0.3) is 0 Å². The first-order valence-electron chi connectivity index (χ1n) is 10.6. The summed E-state index contributed by atoms with van der Waals surface area (Å²) >= 11 is 5.33. The first kappa shape index (κ1) is 28.5. The first-order valence-corrected chi connectivity index (χ1v) is 12.4. The van der Waals surface area contributed by atoms with Crippen LogP contribution in [0.5, 0.6) is 0 Å². The van der Waals surface area contributed by atoms with E-state index >= 15 is 0 Å². The summed E-state index contributed by atoms with van der Waals surface area (Å²) < 4.78 is 10.5. The molecule has 0 aromatic carbocycles. The topological polar surface area (TPSA) is 105 Å². The molecule has 0 radical (unpaired) electrons. The lowest BCUT2D eigenvalue weighted by Crippen LogP contribution is -1.88. The Balaban J connectivity index is 0.000000177. The van der Waals surface area contributed by atoms with E-state index in [1.54, 1.807) is 49.6 Å². The number of carbonyl (C=O) groups is 2. The minimum atomic E-state index is 0.610. The third kappa shape index (κ3) is 10.6. The van der Waals surface area contributed by atoms with Crippen LogP contribution >= 0.6 is 38.5 Å². The number of hydrogen-bond acceptors (Lipinski definition) is 7. The molecule has 0 spiro atoms. The van der Waals surface area contributed by atoms with Crippen LogP contribution in [0.15, 0.2) is 66.4 Å². The molecule has 4 aromatic heterocycles. The minimum Gasteiger partial charge on any atom is -0.381 e. The number of halogens is 2. The molecule has 1 aliphatic heterocycles. The third-order valence-corrected chi connectivity index (χ3v) is 5.61. The number of aldehydes is 2. The molecule has 0 saturated carbocycles. The standard InChI is InChI=1S/C10H9N3O.C6H4BrNO.C4H5IN2.C4H8O/c1-13-5-10(12-7-13)9-4-11-3-2-8(9)6-14;7-6-3-8-2-1-5(6)4-9;1-7-2-4(5)6-3-7;1-2-4-5-3-1/h2-7H,1H3;1-4H;2-3H,1H3;1-4H2. The van der Waals surface area contributed by atoms with Gasteiger partial charge in [0.15, 0.2) is 12.6 Å². The molecule has 0 unspecified atom stereocenters. The molecule has 1 saturated heterocycles. The van der Waals surface area contributed by atoms with Gasteiger partial charge in [-0.1, -0.05) is 0 Å². The second-order valence-corrected chi connectivity index (χ2v) is 9.16. The highest BCUT2D eigenvalue weighted by Gasteiger charge is 2.06. The fraction of sp³-hybridized carbons (Fsp3) is 0.250. The van der Waals surface area contributed by atoms with Gasteiger partial charge in [-0.25, -0.2) is 9.97 Å². The van der Waals surface area contributed by atoms with E-state index in [0.717, 1.165) is 45.2 Å². The monoisotopic (exact) mass is 652 g/mol. The first-order chi connectivity index (χ1) is 16.9. The summed E-state index contributed by atoms with van der Waals surface area (Å²) in [5.41, 5.74) is 2.77. The molecule has 0 atom stereocenters. The van der Waals surface area contributed by atoms with Crippen molar-refractivity contribution in [2.24, 2.45) is 14.1 Å². The number of rotatable bonds is 3. The molecule has 0 amide bonds. The average molecular weight is 653 g/mol. The van der Waals surface area contributed by atoms with E-state index in [2.05, 4.69) is 58.5 Å². The van der Waals surface area contributed by atoms with Crippen molar-refractivity contribution in [3.63, 3.8) is 0 Å². The zero-order valence-electron chi connectivity index (χ0n) is 19.4. The number of nitrogens with zero attached hydrogens (tertiary/aromatic N) is 6. The van der Waals surface area contributed by atoms with Crippen molar-refractivity contribution in [2.75, 3.05) is 13.2 Å². The number of hydrogen-bond donors (Lipinski definition) is 0. The Hall–Kier alpha value is -2.77. The molecule has 0 N–H and O–H groups in total. The summed E-state index contributed by atoms with van der Waals surface area (Å²) in [6.45, 7) is 2.00. The van der Waals surface area contributed by atoms with Crippen molar-refractivity contribution >= 4 is 51.1 Å². The largest absolute Gasteiger partial charge is 0.381 e. The molecule has 184 valence electrons. The van der Waals surface area contributed by atoms with Crippen molar-refractivity contribution < 1.29 is 14.3 Å². The van der Waals surface area contributed by atoms with Gasteiger partial charge >= 0.3 is 0 Å². The predicted molar refractivity (Wildman–Crippen MR) is 145 cm³/mol. The van der Waals surface area contributed by atoms with E-state index in [9.17, 15) is 9.59 Å². The van der Waals surface area contributed by atoms with Gasteiger partial charge in [0, 0.05) is 85.7 Å². The van der Waals surface area contributed by atoms with Crippen LogP contribution < -0.4 is 0 Å². The highest BCUT2D eigenvalue weighted by atomic mass is 127. The maximum absolute atomic E-state index is 10.7. The van der Waals surface area contributed by atoms with Crippen molar-refractivity contribution in [1.29, 1.82) is 0 Å². The average Bonchev–Trinajstić information content (AvgIpc) is 3.65. The summed E-state index contributed by atoms with van der Waals surface area (Å²) in [7, 11) is 3.84. The maximum atomic E-state index is 10.7. The highest BCUT2D eigenvalue weighted by Crippen LogP contribution is 2.18. The molecule has 5 heterocycles. The Kier molecular flexibility index (Phi) is 13.0. The zero-order valence-corrected chi connectivity index (χ0v) is 23.2. The second-order valence-electron chi connectivity index (χ2n) is 7.20. The van der Waals surface area contributed by atoms with Crippen LogP contribution in [0.25, 0.3) is 11.3 Å². The molecule has 1 fully saturated rings. The number of aromatic nitrogens is 6. The fourth-order valence-electron chi connectivity index (χ4n) is 2.65. The van der Waals surface area contributed by atoms with Crippen molar-refractivity contribution in [3.05, 3.63) is 81.3 Å². The lowest BCUT2D eigenvalue weighted by molar-refractivity contribution is 0.111. The lowest BCUT2D eigenvalue weighted by Gasteiger charge is -1.98. The Morgan fingerprint density at radius 1 is 0.914 bits per heavy atom. The number of imidazole rings is 2. The highest BCUT2D eigenvalue weighted by molar-refractivity contribution is 14.1. The Bertz CT molecular complexity index is 1170. The summed E-state index contributed by atoms with van der Waals surface area (Å²) in [6, 6.07) is 3.33. The van der Waals surface area contributed by atoms with E-state index in [4.69, 9.17) is 4.74 Å². The number of aryl methyl sites for hydroxylation is 2. The van der Waals surface area contributed by atoms with Crippen LogP contribution in [-0.2, 0) is 18.8 Å². The molecular formula is C24H26BrIN6O3. The predicted octanol–water partition coefficient (Wildman–Crippen LogP) is 4.77. The number of ether oxygens (including phenoxy) is 1. The van der Waals surface area contributed by atoms with Crippen LogP contribution in [-0.4, -0.2) is 54.9 Å². The molecule has 4 aromatic rings. The summed E-state index contributed by atoms with van der Waals surface area (Å²) in [5, 5.41) is 0. The number of carbonyl (C=O) groups excluding carboxylic acids is 2. The van der Waals surface area contributed by atoms with Crippen molar-refractivity contribution in [1.82, 2.24) is 29.1 Å². The van der Waals surface area contributed by atoms with Crippen LogP contribution in [0.1, 0.15) is 33.6 Å². The Morgan fingerprint density at radius 2 is 1.51 bits per heavy atom. The molecule has 9 nitrogen and oxygen atoms in total. The van der Waals surface area contributed by atoms with E-state index < -0.39 is 0 Å². The van der Waals surface area contributed by atoms with E-state index in [-0.39, 0.29) is 0 Å². The molecule has 35 heavy (non-hydrogen) atoms. The molecule has 11 heteroatoms. The molecule has 1 aliphatic rings. The van der Waals surface area contributed by atoms with E-state index in [1.165, 1.54) is 12.8 Å². The smallest absolute Gasteiger partial charge is 0.151 e. The van der Waals surface area contributed by atoms with E-state index in [0.29, 0.717) is 11.1 Å².